The first-order valence-corrected chi connectivity index (χ1v) is 9.24. The number of carbonyl (C=O) groups is 1. The third-order valence-corrected chi connectivity index (χ3v) is 5.28. The number of Topliss-reactive ketones (excluding diaryl/α,β-unsaturated/α-hetero) is 1. The average molecular weight is 374 g/mol. The zero-order chi connectivity index (χ0) is 19.0. The monoisotopic (exact) mass is 374 g/mol. The topological polar surface area (TPSA) is 52.0 Å². The van der Waals surface area contributed by atoms with Gasteiger partial charge in [0.2, 0.25) is 0 Å². The summed E-state index contributed by atoms with van der Waals surface area (Å²) in [6.07, 6.45) is 8.21. The lowest BCUT2D eigenvalue weighted by Gasteiger charge is -2.20. The van der Waals surface area contributed by atoms with Gasteiger partial charge in [-0.3, -0.25) is 14.6 Å². The zero-order valence-electron chi connectivity index (χ0n) is 15.7. The molecule has 0 bridgehead atoms. The van der Waals surface area contributed by atoms with Crippen LogP contribution in [-0.4, -0.2) is 15.3 Å². The SMILES string of the molecule is C.Cc1cc(-c2cc3c(cc2Cc2cccnc2)CC(=O)CC3)cn(C)c1=O. The Kier molecular flexibility index (Phi) is 5.59. The summed E-state index contributed by atoms with van der Waals surface area (Å²) in [7, 11) is 1.79. The van der Waals surface area contributed by atoms with E-state index in [-0.39, 0.29) is 13.0 Å². The number of aryl methyl sites for hydroxylation is 3. The van der Waals surface area contributed by atoms with Gasteiger partial charge >= 0.3 is 0 Å². The number of rotatable bonds is 3. The fourth-order valence-electron chi connectivity index (χ4n) is 3.88. The van der Waals surface area contributed by atoms with Gasteiger partial charge in [0, 0.05) is 44.0 Å². The fourth-order valence-corrected chi connectivity index (χ4v) is 3.88. The molecule has 0 spiro atoms. The molecule has 0 saturated heterocycles. The molecule has 1 aliphatic rings. The predicted octanol–water partition coefficient (Wildman–Crippen LogP) is 4.04. The lowest BCUT2D eigenvalue weighted by Crippen LogP contribution is -2.19. The van der Waals surface area contributed by atoms with E-state index in [9.17, 15) is 9.59 Å². The highest BCUT2D eigenvalue weighted by Gasteiger charge is 2.19. The second-order valence-electron chi connectivity index (χ2n) is 7.36. The maximum Gasteiger partial charge on any atom is 0.253 e. The lowest BCUT2D eigenvalue weighted by atomic mass is 9.84. The van der Waals surface area contributed by atoms with Crippen LogP contribution in [0.5, 0.6) is 0 Å². The molecule has 0 aliphatic heterocycles. The lowest BCUT2D eigenvalue weighted by molar-refractivity contribution is -0.118. The zero-order valence-corrected chi connectivity index (χ0v) is 15.7. The highest BCUT2D eigenvalue weighted by Crippen LogP contribution is 2.31. The van der Waals surface area contributed by atoms with E-state index in [4.69, 9.17) is 0 Å². The number of ketones is 1. The second kappa shape index (κ2) is 7.93. The molecule has 0 atom stereocenters. The number of nitrogens with zero attached hydrogens (tertiary/aromatic N) is 2. The van der Waals surface area contributed by atoms with Crippen LogP contribution in [0.1, 0.15) is 41.7 Å². The Morgan fingerprint density at radius 2 is 1.93 bits per heavy atom. The number of carbonyl (C=O) groups excluding carboxylic acids is 1. The van der Waals surface area contributed by atoms with Crippen molar-refractivity contribution in [2.45, 2.75) is 40.0 Å². The summed E-state index contributed by atoms with van der Waals surface area (Å²) in [4.78, 5) is 28.3. The second-order valence-corrected chi connectivity index (χ2v) is 7.36. The molecule has 2 heterocycles. The van der Waals surface area contributed by atoms with Crippen molar-refractivity contribution in [1.82, 2.24) is 9.55 Å². The molecule has 3 aromatic rings. The molecule has 2 aromatic heterocycles. The molecule has 4 rings (SSSR count). The number of hydrogen-bond acceptors (Lipinski definition) is 3. The molecule has 28 heavy (non-hydrogen) atoms. The van der Waals surface area contributed by atoms with Crippen LogP contribution in [0.15, 0.2) is 53.7 Å². The molecular formula is C24H26N2O2. The molecule has 4 nitrogen and oxygen atoms in total. The van der Waals surface area contributed by atoms with Crippen LogP contribution < -0.4 is 5.56 Å². The third-order valence-electron chi connectivity index (χ3n) is 5.28. The van der Waals surface area contributed by atoms with Gasteiger partial charge in [0.1, 0.15) is 5.78 Å². The van der Waals surface area contributed by atoms with Gasteiger partial charge in [-0.25, -0.2) is 0 Å². The van der Waals surface area contributed by atoms with Crippen LogP contribution >= 0.6 is 0 Å². The Labute approximate surface area is 165 Å². The smallest absolute Gasteiger partial charge is 0.253 e. The highest BCUT2D eigenvalue weighted by molar-refractivity contribution is 5.84. The Balaban J connectivity index is 0.00000225. The van der Waals surface area contributed by atoms with Gasteiger partial charge in [-0.2, -0.15) is 0 Å². The van der Waals surface area contributed by atoms with E-state index in [2.05, 4.69) is 23.2 Å². The van der Waals surface area contributed by atoms with E-state index in [1.807, 2.05) is 31.5 Å². The van der Waals surface area contributed by atoms with E-state index in [1.165, 1.54) is 5.56 Å². The first-order valence-electron chi connectivity index (χ1n) is 9.24. The Morgan fingerprint density at radius 3 is 2.64 bits per heavy atom. The van der Waals surface area contributed by atoms with Gasteiger partial charge in [-0.1, -0.05) is 25.6 Å². The van der Waals surface area contributed by atoms with Crippen molar-refractivity contribution in [3.63, 3.8) is 0 Å². The van der Waals surface area contributed by atoms with Crippen molar-refractivity contribution in [2.24, 2.45) is 7.05 Å². The summed E-state index contributed by atoms with van der Waals surface area (Å²) in [5, 5.41) is 0. The minimum atomic E-state index is 0. The average Bonchev–Trinajstić information content (AvgIpc) is 2.66. The molecular weight excluding hydrogens is 348 g/mol. The first-order chi connectivity index (χ1) is 13.0. The summed E-state index contributed by atoms with van der Waals surface area (Å²) in [6.45, 7) is 1.85. The predicted molar refractivity (Wildman–Crippen MR) is 113 cm³/mol. The molecule has 0 amide bonds. The van der Waals surface area contributed by atoms with Gasteiger partial charge in [0.15, 0.2) is 0 Å². The Morgan fingerprint density at radius 1 is 1.11 bits per heavy atom. The van der Waals surface area contributed by atoms with Crippen molar-refractivity contribution in [2.75, 3.05) is 0 Å². The van der Waals surface area contributed by atoms with E-state index in [0.717, 1.165) is 46.2 Å². The van der Waals surface area contributed by atoms with Crippen LogP contribution in [0.2, 0.25) is 0 Å². The van der Waals surface area contributed by atoms with Gasteiger partial charge in [-0.15, -0.1) is 0 Å². The molecule has 0 unspecified atom stereocenters. The largest absolute Gasteiger partial charge is 0.318 e. The van der Waals surface area contributed by atoms with Crippen molar-refractivity contribution in [1.29, 1.82) is 0 Å². The van der Waals surface area contributed by atoms with Crippen LogP contribution in [0.4, 0.5) is 0 Å². The number of fused-ring (bicyclic) bond motifs is 1. The Bertz CT molecular complexity index is 1060. The molecule has 0 N–H and O–H groups in total. The van der Waals surface area contributed by atoms with E-state index >= 15 is 0 Å². The maximum atomic E-state index is 12.1. The van der Waals surface area contributed by atoms with Gasteiger partial charge in [0.05, 0.1) is 0 Å². The molecule has 1 aromatic carbocycles. The summed E-state index contributed by atoms with van der Waals surface area (Å²) in [5.74, 6) is 0.306. The minimum Gasteiger partial charge on any atom is -0.318 e. The fraction of sp³-hybridized carbons (Fsp3) is 0.292. The van der Waals surface area contributed by atoms with E-state index in [0.29, 0.717) is 18.6 Å². The van der Waals surface area contributed by atoms with Crippen molar-refractivity contribution in [3.8, 4) is 11.1 Å². The number of benzene rings is 1. The van der Waals surface area contributed by atoms with Crippen LogP contribution in [0, 0.1) is 6.92 Å². The third kappa shape index (κ3) is 3.81. The van der Waals surface area contributed by atoms with Crippen molar-refractivity contribution >= 4 is 5.78 Å². The molecule has 0 radical (unpaired) electrons. The molecule has 1 aliphatic carbocycles. The summed E-state index contributed by atoms with van der Waals surface area (Å²) >= 11 is 0. The quantitative estimate of drug-likeness (QED) is 0.695. The number of pyridine rings is 2. The summed E-state index contributed by atoms with van der Waals surface area (Å²) < 4.78 is 1.64. The van der Waals surface area contributed by atoms with E-state index in [1.54, 1.807) is 17.8 Å². The molecule has 0 fully saturated rings. The molecule has 4 heteroatoms. The minimum absolute atomic E-state index is 0. The van der Waals surface area contributed by atoms with Gasteiger partial charge < -0.3 is 4.57 Å². The van der Waals surface area contributed by atoms with E-state index < -0.39 is 0 Å². The molecule has 0 saturated carbocycles. The standard InChI is InChI=1S/C23H22N2O2.CH4/c1-15-8-20(14-25(2)23(15)27)22-12-17-5-6-21(26)11-18(17)10-19(22)9-16-4-3-7-24-13-16;/h3-4,7-8,10,12-14H,5-6,9,11H2,1-2H3;1H4. The van der Waals surface area contributed by atoms with Gasteiger partial charge in [0.25, 0.3) is 5.56 Å². The molecule has 144 valence electrons. The number of hydrogen-bond donors (Lipinski definition) is 0. The first kappa shape index (κ1) is 19.7. The van der Waals surface area contributed by atoms with Crippen molar-refractivity contribution < 1.29 is 4.79 Å². The normalized spacial score (nSPS) is 13.0. The summed E-state index contributed by atoms with van der Waals surface area (Å²) in [6, 6.07) is 10.4. The van der Waals surface area contributed by atoms with Crippen LogP contribution in [-0.2, 0) is 31.1 Å². The maximum absolute atomic E-state index is 12.1. The highest BCUT2D eigenvalue weighted by atomic mass is 16.1. The van der Waals surface area contributed by atoms with Gasteiger partial charge in [-0.05, 0) is 65.3 Å². The van der Waals surface area contributed by atoms with Crippen LogP contribution in [0.25, 0.3) is 11.1 Å². The Hall–Kier alpha value is -3.01. The van der Waals surface area contributed by atoms with Crippen LogP contribution in [0.3, 0.4) is 0 Å². The number of aromatic nitrogens is 2. The summed E-state index contributed by atoms with van der Waals surface area (Å²) in [5.41, 5.74) is 7.59. The van der Waals surface area contributed by atoms with Crippen molar-refractivity contribution in [3.05, 3.63) is 87.1 Å².